The van der Waals surface area contributed by atoms with E-state index >= 15 is 0 Å². The molecule has 0 atom stereocenters. The van der Waals surface area contributed by atoms with Crippen molar-refractivity contribution in [1.82, 2.24) is 4.31 Å². The number of para-hydroxylation sites is 1. The molecule has 0 aliphatic heterocycles. The van der Waals surface area contributed by atoms with Crippen LogP contribution in [0.1, 0.15) is 32.6 Å². The number of hydrogen-bond acceptors (Lipinski definition) is 3. The van der Waals surface area contributed by atoms with Gasteiger partial charge >= 0.3 is 0 Å². The molecule has 2 N–H and O–H groups in total. The second kappa shape index (κ2) is 5.46. The lowest BCUT2D eigenvalue weighted by Gasteiger charge is -2.22. The molecule has 0 heterocycles. The van der Waals surface area contributed by atoms with Gasteiger partial charge < -0.3 is 5.73 Å². The Morgan fingerprint density at radius 2 is 2.11 bits per heavy atom. The lowest BCUT2D eigenvalue weighted by atomic mass is 10.3. The highest BCUT2D eigenvalue weighted by Gasteiger charge is 2.38. The van der Waals surface area contributed by atoms with Crippen LogP contribution >= 0.6 is 0 Å². The van der Waals surface area contributed by atoms with Gasteiger partial charge in [0.25, 0.3) is 0 Å². The minimum atomic E-state index is -3.69. The van der Waals surface area contributed by atoms with Crippen LogP contribution in [0.4, 0.5) is 10.1 Å². The monoisotopic (exact) mass is 286 g/mol. The van der Waals surface area contributed by atoms with Gasteiger partial charge in [-0.05, 0) is 31.4 Å². The predicted octanol–water partition coefficient (Wildman–Crippen LogP) is 2.36. The van der Waals surface area contributed by atoms with Crippen LogP contribution in [0.5, 0.6) is 0 Å². The molecule has 4 nitrogen and oxygen atoms in total. The quantitative estimate of drug-likeness (QED) is 0.817. The fraction of sp³-hybridized carbons (Fsp3) is 0.538. The summed E-state index contributed by atoms with van der Waals surface area (Å²) in [6.45, 7) is 2.48. The first-order valence-corrected chi connectivity index (χ1v) is 7.98. The van der Waals surface area contributed by atoms with Crippen molar-refractivity contribution in [1.29, 1.82) is 0 Å². The molecule has 1 fully saturated rings. The molecular weight excluding hydrogens is 267 g/mol. The van der Waals surface area contributed by atoms with Gasteiger partial charge in [-0.25, -0.2) is 12.8 Å². The van der Waals surface area contributed by atoms with Gasteiger partial charge in [0.05, 0.1) is 5.69 Å². The molecule has 2 rings (SSSR count). The Hall–Kier alpha value is -1.14. The van der Waals surface area contributed by atoms with Gasteiger partial charge in [-0.2, -0.15) is 4.31 Å². The lowest BCUT2D eigenvalue weighted by Crippen LogP contribution is -2.34. The molecule has 6 heteroatoms. The summed E-state index contributed by atoms with van der Waals surface area (Å²) in [6.07, 6.45) is 3.46. The average Bonchev–Trinajstić information content (AvgIpc) is 3.17. The van der Waals surface area contributed by atoms with E-state index in [2.05, 4.69) is 0 Å². The summed E-state index contributed by atoms with van der Waals surface area (Å²) in [6, 6.07) is 3.97. The van der Waals surface area contributed by atoms with Gasteiger partial charge in [-0.15, -0.1) is 0 Å². The standard InChI is InChI=1S/C13H19FN2O2S/c1-2-3-9-16(10-7-8-10)19(17,18)12-6-4-5-11(14)13(12)15/h4-6,10H,2-3,7-9,15H2,1H3. The molecule has 1 aromatic rings. The number of sulfonamides is 1. The highest BCUT2D eigenvalue weighted by atomic mass is 32.2. The van der Waals surface area contributed by atoms with Crippen LogP contribution in [-0.4, -0.2) is 25.3 Å². The van der Waals surface area contributed by atoms with E-state index in [4.69, 9.17) is 5.73 Å². The van der Waals surface area contributed by atoms with E-state index in [1.165, 1.54) is 22.5 Å². The van der Waals surface area contributed by atoms with E-state index in [-0.39, 0.29) is 16.6 Å². The zero-order valence-electron chi connectivity index (χ0n) is 11.0. The normalized spacial score (nSPS) is 15.9. The Labute approximate surface area is 113 Å². The molecular formula is C13H19FN2O2S. The molecule has 0 saturated heterocycles. The summed E-state index contributed by atoms with van der Waals surface area (Å²) >= 11 is 0. The second-order valence-corrected chi connectivity index (χ2v) is 6.71. The fourth-order valence-electron chi connectivity index (χ4n) is 2.04. The van der Waals surface area contributed by atoms with E-state index in [9.17, 15) is 12.8 Å². The number of nitrogens with two attached hydrogens (primary N) is 1. The molecule has 1 saturated carbocycles. The Morgan fingerprint density at radius 3 is 2.68 bits per heavy atom. The summed E-state index contributed by atoms with van der Waals surface area (Å²) < 4.78 is 40.1. The maximum atomic E-state index is 13.4. The van der Waals surface area contributed by atoms with E-state index < -0.39 is 15.8 Å². The molecule has 0 radical (unpaired) electrons. The van der Waals surface area contributed by atoms with Crippen molar-refractivity contribution >= 4 is 15.7 Å². The lowest BCUT2D eigenvalue weighted by molar-refractivity contribution is 0.395. The number of nitrogen functional groups attached to an aromatic ring is 1. The SMILES string of the molecule is CCCCN(C1CC1)S(=O)(=O)c1cccc(F)c1N. The number of hydrogen-bond donors (Lipinski definition) is 1. The van der Waals surface area contributed by atoms with Gasteiger partial charge in [-0.3, -0.25) is 0 Å². The van der Waals surface area contributed by atoms with E-state index in [1.807, 2.05) is 6.92 Å². The third-order valence-corrected chi connectivity index (χ3v) is 5.30. The molecule has 0 unspecified atom stereocenters. The van der Waals surface area contributed by atoms with Crippen molar-refractivity contribution in [2.24, 2.45) is 0 Å². The maximum Gasteiger partial charge on any atom is 0.245 e. The largest absolute Gasteiger partial charge is 0.395 e. The van der Waals surface area contributed by atoms with Gasteiger partial charge in [0.1, 0.15) is 10.7 Å². The molecule has 106 valence electrons. The number of anilines is 1. The summed E-state index contributed by atoms with van der Waals surface area (Å²) in [4.78, 5) is -0.115. The maximum absolute atomic E-state index is 13.4. The highest BCUT2D eigenvalue weighted by molar-refractivity contribution is 7.89. The molecule has 0 amide bonds. The number of nitrogens with zero attached hydrogens (tertiary/aromatic N) is 1. The Balaban J connectivity index is 2.36. The molecule has 0 bridgehead atoms. The summed E-state index contributed by atoms with van der Waals surface area (Å²) in [5.74, 6) is -0.688. The number of benzene rings is 1. The highest BCUT2D eigenvalue weighted by Crippen LogP contribution is 2.34. The van der Waals surface area contributed by atoms with Crippen molar-refractivity contribution < 1.29 is 12.8 Å². The van der Waals surface area contributed by atoms with E-state index in [1.54, 1.807) is 0 Å². The average molecular weight is 286 g/mol. The van der Waals surface area contributed by atoms with Crippen LogP contribution in [0.25, 0.3) is 0 Å². The third-order valence-electron chi connectivity index (χ3n) is 3.29. The topological polar surface area (TPSA) is 63.4 Å². The number of halogens is 1. The van der Waals surface area contributed by atoms with Crippen molar-refractivity contribution in [3.63, 3.8) is 0 Å². The number of rotatable bonds is 6. The first kappa shape index (κ1) is 14.3. The third kappa shape index (κ3) is 2.90. The molecule has 19 heavy (non-hydrogen) atoms. The van der Waals surface area contributed by atoms with Gasteiger partial charge in [0.2, 0.25) is 10.0 Å². The number of unbranched alkanes of at least 4 members (excludes halogenated alkanes) is 1. The minimum Gasteiger partial charge on any atom is -0.395 e. The summed E-state index contributed by atoms with van der Waals surface area (Å²) in [5, 5.41) is 0. The second-order valence-electron chi connectivity index (χ2n) is 4.85. The predicted molar refractivity (Wildman–Crippen MR) is 72.6 cm³/mol. The van der Waals surface area contributed by atoms with Crippen molar-refractivity contribution in [2.45, 2.75) is 43.5 Å². The molecule has 0 aromatic heterocycles. The molecule has 0 spiro atoms. The summed E-state index contributed by atoms with van der Waals surface area (Å²) in [7, 11) is -3.69. The van der Waals surface area contributed by atoms with Crippen molar-refractivity contribution in [3.8, 4) is 0 Å². The van der Waals surface area contributed by atoms with Crippen molar-refractivity contribution in [2.75, 3.05) is 12.3 Å². The van der Waals surface area contributed by atoms with Crippen molar-refractivity contribution in [3.05, 3.63) is 24.0 Å². The Morgan fingerprint density at radius 1 is 1.42 bits per heavy atom. The minimum absolute atomic E-state index is 0.0548. The Bertz CT molecular complexity index is 556. The Kier molecular flexibility index (Phi) is 4.10. The van der Waals surface area contributed by atoms with E-state index in [0.717, 1.165) is 25.7 Å². The molecule has 1 aliphatic carbocycles. The smallest absolute Gasteiger partial charge is 0.245 e. The molecule has 1 aliphatic rings. The first-order valence-electron chi connectivity index (χ1n) is 6.54. The van der Waals surface area contributed by atoms with Crippen LogP contribution in [-0.2, 0) is 10.0 Å². The first-order chi connectivity index (χ1) is 8.98. The van der Waals surface area contributed by atoms with Crippen LogP contribution in [0.3, 0.4) is 0 Å². The van der Waals surface area contributed by atoms with E-state index in [0.29, 0.717) is 6.54 Å². The van der Waals surface area contributed by atoms with Crippen LogP contribution in [0.15, 0.2) is 23.1 Å². The zero-order valence-corrected chi connectivity index (χ0v) is 11.8. The van der Waals surface area contributed by atoms with Gasteiger partial charge in [0.15, 0.2) is 0 Å². The van der Waals surface area contributed by atoms with Crippen LogP contribution < -0.4 is 5.73 Å². The molecule has 1 aromatic carbocycles. The van der Waals surface area contributed by atoms with Crippen LogP contribution in [0.2, 0.25) is 0 Å². The van der Waals surface area contributed by atoms with Gasteiger partial charge in [-0.1, -0.05) is 19.4 Å². The van der Waals surface area contributed by atoms with Crippen LogP contribution in [0, 0.1) is 5.82 Å². The summed E-state index contributed by atoms with van der Waals surface area (Å²) in [5.41, 5.74) is 5.29. The zero-order chi connectivity index (χ0) is 14.0. The fourth-order valence-corrected chi connectivity index (χ4v) is 3.90. The van der Waals surface area contributed by atoms with Gasteiger partial charge in [0, 0.05) is 12.6 Å².